The van der Waals surface area contributed by atoms with E-state index in [0.717, 1.165) is 0 Å². The van der Waals surface area contributed by atoms with Crippen molar-refractivity contribution in [2.75, 3.05) is 14.2 Å². The molecule has 0 aromatic carbocycles. The zero-order chi connectivity index (χ0) is 13.1. The van der Waals surface area contributed by atoms with Gasteiger partial charge < -0.3 is 10.1 Å². The molecule has 1 N–H and O–H groups in total. The Morgan fingerprint density at radius 2 is 2.22 bits per heavy atom. The van der Waals surface area contributed by atoms with Gasteiger partial charge in [0.25, 0.3) is 11.9 Å². The van der Waals surface area contributed by atoms with Gasteiger partial charge in [0.15, 0.2) is 5.69 Å². The van der Waals surface area contributed by atoms with Gasteiger partial charge in [-0.1, -0.05) is 0 Å². The Bertz CT molecular complexity index is 584. The molecule has 0 atom stereocenters. The summed E-state index contributed by atoms with van der Waals surface area (Å²) in [5, 5.41) is 6.45. The molecule has 0 aliphatic rings. The van der Waals surface area contributed by atoms with Crippen LogP contribution in [0, 0.1) is 0 Å². The van der Waals surface area contributed by atoms with E-state index in [2.05, 4.69) is 25.4 Å². The van der Waals surface area contributed by atoms with Gasteiger partial charge >= 0.3 is 6.01 Å². The smallest absolute Gasteiger partial charge is 0.322 e. The summed E-state index contributed by atoms with van der Waals surface area (Å²) in [7, 11) is 2.93. The maximum Gasteiger partial charge on any atom is 0.322 e. The quantitative estimate of drug-likeness (QED) is 0.847. The van der Waals surface area contributed by atoms with Crippen LogP contribution in [0.15, 0.2) is 12.3 Å². The average molecular weight is 269 g/mol. The standard InChI is InChI=1S/C9H9ClN6O2/c1-11-6(17)5-3-4-16(15-5)8-12-7(10)13-9(14-8)18-2/h3-4H,1-2H3,(H,11,17). The number of methoxy groups -OCH3 is 1. The summed E-state index contributed by atoms with van der Waals surface area (Å²) in [6.45, 7) is 0. The molecule has 1 amide bonds. The Morgan fingerprint density at radius 1 is 1.44 bits per heavy atom. The third-order valence-electron chi connectivity index (χ3n) is 2.01. The van der Waals surface area contributed by atoms with Crippen LogP contribution in [-0.2, 0) is 0 Å². The van der Waals surface area contributed by atoms with Crippen LogP contribution >= 0.6 is 11.6 Å². The zero-order valence-electron chi connectivity index (χ0n) is 9.59. The molecule has 18 heavy (non-hydrogen) atoms. The van der Waals surface area contributed by atoms with Gasteiger partial charge in [-0.05, 0) is 17.7 Å². The highest BCUT2D eigenvalue weighted by molar-refractivity contribution is 6.28. The highest BCUT2D eigenvalue weighted by atomic mass is 35.5. The van der Waals surface area contributed by atoms with Crippen LogP contribution in [0.25, 0.3) is 5.95 Å². The number of halogens is 1. The maximum absolute atomic E-state index is 11.4. The number of ether oxygens (including phenoxy) is 1. The number of rotatable bonds is 3. The lowest BCUT2D eigenvalue weighted by molar-refractivity contribution is 0.0957. The summed E-state index contributed by atoms with van der Waals surface area (Å²) < 4.78 is 6.17. The molecule has 0 saturated carbocycles. The van der Waals surface area contributed by atoms with Crippen molar-refractivity contribution in [1.29, 1.82) is 0 Å². The second-order valence-corrected chi connectivity index (χ2v) is 3.45. The van der Waals surface area contributed by atoms with Crippen molar-refractivity contribution in [1.82, 2.24) is 30.0 Å². The van der Waals surface area contributed by atoms with Crippen molar-refractivity contribution in [3.8, 4) is 12.0 Å². The number of hydrogen-bond acceptors (Lipinski definition) is 6. The fourth-order valence-electron chi connectivity index (χ4n) is 1.20. The zero-order valence-corrected chi connectivity index (χ0v) is 10.3. The molecule has 9 heteroatoms. The second-order valence-electron chi connectivity index (χ2n) is 3.12. The third-order valence-corrected chi connectivity index (χ3v) is 2.18. The molecular weight excluding hydrogens is 260 g/mol. The Balaban J connectivity index is 2.39. The lowest BCUT2D eigenvalue weighted by Gasteiger charge is -2.02. The summed E-state index contributed by atoms with van der Waals surface area (Å²) in [5.41, 5.74) is 0.244. The molecule has 0 spiro atoms. The predicted molar refractivity (Wildman–Crippen MR) is 61.9 cm³/mol. The highest BCUT2D eigenvalue weighted by Gasteiger charge is 2.11. The first-order valence-electron chi connectivity index (χ1n) is 4.87. The van der Waals surface area contributed by atoms with Crippen LogP contribution in [0.1, 0.15) is 10.5 Å². The summed E-state index contributed by atoms with van der Waals surface area (Å²) in [6, 6.07) is 1.60. The van der Waals surface area contributed by atoms with Crippen LogP contribution in [-0.4, -0.2) is 44.8 Å². The fourth-order valence-corrected chi connectivity index (χ4v) is 1.35. The predicted octanol–water partition coefficient (Wildman–Crippen LogP) is 0.0789. The minimum Gasteiger partial charge on any atom is -0.467 e. The Kier molecular flexibility index (Phi) is 3.38. The van der Waals surface area contributed by atoms with Gasteiger partial charge in [0.2, 0.25) is 5.28 Å². The third kappa shape index (κ3) is 2.38. The molecule has 0 aliphatic heterocycles. The SMILES string of the molecule is CNC(=O)c1ccn(-c2nc(Cl)nc(OC)n2)n1. The molecule has 2 rings (SSSR count). The molecule has 2 aromatic rings. The summed E-state index contributed by atoms with van der Waals surface area (Å²) >= 11 is 5.71. The summed E-state index contributed by atoms with van der Waals surface area (Å²) in [6.07, 6.45) is 1.54. The van der Waals surface area contributed by atoms with Gasteiger partial charge in [-0.25, -0.2) is 4.68 Å². The average Bonchev–Trinajstić information content (AvgIpc) is 2.86. The van der Waals surface area contributed by atoms with Crippen molar-refractivity contribution in [2.24, 2.45) is 0 Å². The van der Waals surface area contributed by atoms with Crippen molar-refractivity contribution >= 4 is 17.5 Å². The Labute approximate surface area is 107 Å². The lowest BCUT2D eigenvalue weighted by Crippen LogP contribution is -2.18. The van der Waals surface area contributed by atoms with Crippen LogP contribution in [0.2, 0.25) is 5.28 Å². The number of amides is 1. The van der Waals surface area contributed by atoms with E-state index in [1.165, 1.54) is 31.1 Å². The van der Waals surface area contributed by atoms with Crippen LogP contribution in [0.5, 0.6) is 6.01 Å². The van der Waals surface area contributed by atoms with E-state index in [9.17, 15) is 4.79 Å². The highest BCUT2D eigenvalue weighted by Crippen LogP contribution is 2.10. The molecule has 0 radical (unpaired) electrons. The molecule has 0 unspecified atom stereocenters. The number of aromatic nitrogens is 5. The van der Waals surface area contributed by atoms with E-state index in [0.29, 0.717) is 0 Å². The van der Waals surface area contributed by atoms with E-state index in [1.54, 1.807) is 0 Å². The number of nitrogens with zero attached hydrogens (tertiary/aromatic N) is 5. The van der Waals surface area contributed by atoms with Gasteiger partial charge in [0.1, 0.15) is 0 Å². The Hall–Kier alpha value is -2.22. The molecule has 0 saturated heterocycles. The molecule has 94 valence electrons. The summed E-state index contributed by atoms with van der Waals surface area (Å²) in [5.74, 6) is -0.136. The van der Waals surface area contributed by atoms with Crippen LogP contribution < -0.4 is 10.1 Å². The van der Waals surface area contributed by atoms with Crippen molar-refractivity contribution < 1.29 is 9.53 Å². The fraction of sp³-hybridized carbons (Fsp3) is 0.222. The van der Waals surface area contributed by atoms with E-state index in [1.807, 2.05) is 0 Å². The van der Waals surface area contributed by atoms with Gasteiger partial charge in [0.05, 0.1) is 7.11 Å². The monoisotopic (exact) mass is 268 g/mol. The van der Waals surface area contributed by atoms with E-state index < -0.39 is 0 Å². The molecule has 0 aliphatic carbocycles. The van der Waals surface area contributed by atoms with E-state index in [-0.39, 0.29) is 28.8 Å². The van der Waals surface area contributed by atoms with E-state index >= 15 is 0 Å². The first-order chi connectivity index (χ1) is 8.63. The molecule has 2 heterocycles. The van der Waals surface area contributed by atoms with Crippen molar-refractivity contribution in [3.05, 3.63) is 23.2 Å². The molecule has 0 fully saturated rings. The largest absolute Gasteiger partial charge is 0.467 e. The molecule has 0 bridgehead atoms. The van der Waals surface area contributed by atoms with Gasteiger partial charge in [0, 0.05) is 13.2 Å². The molecule has 2 aromatic heterocycles. The van der Waals surface area contributed by atoms with E-state index in [4.69, 9.17) is 16.3 Å². The van der Waals surface area contributed by atoms with Crippen molar-refractivity contribution in [2.45, 2.75) is 0 Å². The van der Waals surface area contributed by atoms with Gasteiger partial charge in [-0.2, -0.15) is 20.1 Å². The number of carbonyl (C=O) groups excluding carboxylic acids is 1. The van der Waals surface area contributed by atoms with Gasteiger partial charge in [-0.3, -0.25) is 4.79 Å². The normalized spacial score (nSPS) is 10.2. The maximum atomic E-state index is 11.4. The topological polar surface area (TPSA) is 94.8 Å². The minimum atomic E-state index is -0.305. The minimum absolute atomic E-state index is 0.0196. The van der Waals surface area contributed by atoms with Crippen molar-refractivity contribution in [3.63, 3.8) is 0 Å². The number of carbonyl (C=O) groups is 1. The lowest BCUT2D eigenvalue weighted by atomic mass is 10.4. The molecular formula is C9H9ClN6O2. The second kappa shape index (κ2) is 4.96. The first kappa shape index (κ1) is 12.2. The Morgan fingerprint density at radius 3 is 2.89 bits per heavy atom. The van der Waals surface area contributed by atoms with Crippen LogP contribution in [0.3, 0.4) is 0 Å². The van der Waals surface area contributed by atoms with Crippen LogP contribution in [0.4, 0.5) is 0 Å². The summed E-state index contributed by atoms with van der Waals surface area (Å²) in [4.78, 5) is 22.9. The first-order valence-corrected chi connectivity index (χ1v) is 5.25. The number of hydrogen-bond donors (Lipinski definition) is 1. The molecule has 8 nitrogen and oxygen atoms in total. The van der Waals surface area contributed by atoms with Gasteiger partial charge in [-0.15, -0.1) is 0 Å². The number of nitrogens with one attached hydrogen (secondary N) is 1.